The number of hydrogen-bond donors (Lipinski definition) is 3. The highest BCUT2D eigenvalue weighted by Gasteiger charge is 2.20. The number of aryl methyl sites for hydroxylation is 1. The zero-order valence-corrected chi connectivity index (χ0v) is 12.1. The van der Waals surface area contributed by atoms with E-state index in [1.807, 2.05) is 26.2 Å². The van der Waals surface area contributed by atoms with Gasteiger partial charge in [-0.05, 0) is 19.3 Å². The summed E-state index contributed by atoms with van der Waals surface area (Å²) in [4.78, 5) is 26.8. The summed E-state index contributed by atoms with van der Waals surface area (Å²) in [6, 6.07) is -1.35. The Morgan fingerprint density at radius 1 is 1.47 bits per heavy atom. The van der Waals surface area contributed by atoms with Crippen molar-refractivity contribution in [2.24, 2.45) is 5.92 Å². The lowest BCUT2D eigenvalue weighted by molar-refractivity contribution is -0.139. The molecule has 1 aromatic rings. The second-order valence-electron chi connectivity index (χ2n) is 4.73. The minimum absolute atomic E-state index is 0.197. The van der Waals surface area contributed by atoms with Crippen molar-refractivity contribution < 1.29 is 14.7 Å². The number of carboxylic acids is 1. The molecule has 19 heavy (non-hydrogen) atoms. The highest BCUT2D eigenvalue weighted by molar-refractivity contribution is 7.09. The van der Waals surface area contributed by atoms with E-state index in [-0.39, 0.29) is 5.92 Å². The molecule has 0 aromatic carbocycles. The molecule has 0 aliphatic heterocycles. The molecule has 0 spiro atoms. The Bertz CT molecular complexity index is 445. The Morgan fingerprint density at radius 2 is 2.16 bits per heavy atom. The third kappa shape index (κ3) is 5.69. The van der Waals surface area contributed by atoms with Crippen molar-refractivity contribution in [3.05, 3.63) is 16.1 Å². The first kappa shape index (κ1) is 15.4. The number of carbonyl (C=O) groups excluding carboxylic acids is 1. The first-order valence-corrected chi connectivity index (χ1v) is 6.94. The van der Waals surface area contributed by atoms with Crippen LogP contribution in [0.5, 0.6) is 0 Å². The molecule has 3 N–H and O–H groups in total. The number of thiazole rings is 1. The van der Waals surface area contributed by atoms with Crippen LogP contribution in [0.4, 0.5) is 4.79 Å². The first-order valence-electron chi connectivity index (χ1n) is 6.06. The highest BCUT2D eigenvalue weighted by atomic mass is 32.1. The summed E-state index contributed by atoms with van der Waals surface area (Å²) < 4.78 is 0. The third-order valence-electron chi connectivity index (χ3n) is 2.38. The normalized spacial score (nSPS) is 12.2. The van der Waals surface area contributed by atoms with Crippen molar-refractivity contribution in [2.45, 2.75) is 39.8 Å². The second-order valence-corrected chi connectivity index (χ2v) is 5.67. The van der Waals surface area contributed by atoms with E-state index in [0.717, 1.165) is 10.7 Å². The van der Waals surface area contributed by atoms with Gasteiger partial charge in [-0.2, -0.15) is 0 Å². The standard InChI is InChI=1S/C12H19N3O3S/c1-7(2)4-9(11(16)17)15-12(18)13-5-10-14-8(3)6-19-10/h6-7,9H,4-5H2,1-3H3,(H,16,17)(H2,13,15,18). The Balaban J connectivity index is 2.42. The zero-order valence-electron chi connectivity index (χ0n) is 11.3. The van der Waals surface area contributed by atoms with Gasteiger partial charge in [0.2, 0.25) is 0 Å². The van der Waals surface area contributed by atoms with E-state index in [1.54, 1.807) is 0 Å². The largest absolute Gasteiger partial charge is 0.480 e. The molecule has 0 radical (unpaired) electrons. The van der Waals surface area contributed by atoms with Crippen molar-refractivity contribution in [1.82, 2.24) is 15.6 Å². The molecule has 0 aliphatic carbocycles. The molecular weight excluding hydrogens is 266 g/mol. The van der Waals surface area contributed by atoms with Gasteiger partial charge in [0.05, 0.1) is 6.54 Å². The van der Waals surface area contributed by atoms with Crippen LogP contribution in [0.3, 0.4) is 0 Å². The molecule has 1 heterocycles. The molecule has 1 aromatic heterocycles. The average molecular weight is 285 g/mol. The molecule has 0 saturated carbocycles. The zero-order chi connectivity index (χ0) is 14.4. The number of aliphatic carboxylic acids is 1. The molecule has 0 bridgehead atoms. The fourth-order valence-electron chi connectivity index (χ4n) is 1.54. The number of rotatable bonds is 6. The van der Waals surface area contributed by atoms with Gasteiger partial charge in [0, 0.05) is 11.1 Å². The quantitative estimate of drug-likeness (QED) is 0.742. The molecule has 1 atom stereocenters. The molecule has 6 nitrogen and oxygen atoms in total. The number of amides is 2. The minimum Gasteiger partial charge on any atom is -0.480 e. The lowest BCUT2D eigenvalue weighted by atomic mass is 10.0. The molecular formula is C12H19N3O3S. The molecule has 106 valence electrons. The maximum atomic E-state index is 11.6. The van der Waals surface area contributed by atoms with Crippen molar-refractivity contribution in [2.75, 3.05) is 0 Å². The Hall–Kier alpha value is -1.63. The van der Waals surface area contributed by atoms with Gasteiger partial charge in [-0.15, -0.1) is 11.3 Å². The molecule has 0 fully saturated rings. The molecule has 1 unspecified atom stereocenters. The van der Waals surface area contributed by atoms with Gasteiger partial charge in [-0.1, -0.05) is 13.8 Å². The van der Waals surface area contributed by atoms with Gasteiger partial charge in [0.1, 0.15) is 11.0 Å². The fraction of sp³-hybridized carbons (Fsp3) is 0.583. The van der Waals surface area contributed by atoms with Crippen LogP contribution in [0.25, 0.3) is 0 Å². The Labute approximate surface area is 116 Å². The SMILES string of the molecule is Cc1csc(CNC(=O)NC(CC(C)C)C(=O)O)n1. The number of urea groups is 1. The minimum atomic E-state index is -1.02. The van der Waals surface area contributed by atoms with E-state index in [2.05, 4.69) is 15.6 Å². The summed E-state index contributed by atoms with van der Waals surface area (Å²) >= 11 is 1.46. The Morgan fingerprint density at radius 3 is 2.63 bits per heavy atom. The summed E-state index contributed by atoms with van der Waals surface area (Å²) in [6.07, 6.45) is 0.402. The molecule has 1 rings (SSSR count). The molecule has 2 amide bonds. The lowest BCUT2D eigenvalue weighted by Gasteiger charge is -2.16. The third-order valence-corrected chi connectivity index (χ3v) is 3.34. The number of nitrogens with one attached hydrogen (secondary N) is 2. The van der Waals surface area contributed by atoms with E-state index >= 15 is 0 Å². The van der Waals surface area contributed by atoms with E-state index < -0.39 is 18.0 Å². The van der Waals surface area contributed by atoms with Crippen molar-refractivity contribution in [3.63, 3.8) is 0 Å². The van der Waals surface area contributed by atoms with E-state index in [4.69, 9.17) is 5.11 Å². The van der Waals surface area contributed by atoms with Crippen molar-refractivity contribution in [3.8, 4) is 0 Å². The van der Waals surface area contributed by atoms with Crippen LogP contribution in [-0.2, 0) is 11.3 Å². The number of carbonyl (C=O) groups is 2. The summed E-state index contributed by atoms with van der Waals surface area (Å²) in [7, 11) is 0. The highest BCUT2D eigenvalue weighted by Crippen LogP contribution is 2.08. The molecule has 7 heteroatoms. The van der Waals surface area contributed by atoms with E-state index in [9.17, 15) is 9.59 Å². The maximum Gasteiger partial charge on any atom is 0.326 e. The molecule has 0 aliphatic rings. The number of aromatic nitrogens is 1. The summed E-state index contributed by atoms with van der Waals surface area (Å²) in [5.74, 6) is -0.822. The lowest BCUT2D eigenvalue weighted by Crippen LogP contribution is -2.46. The predicted octanol–water partition coefficient (Wildman–Crippen LogP) is 1.75. The second kappa shape index (κ2) is 7.08. The van der Waals surface area contributed by atoms with E-state index in [0.29, 0.717) is 13.0 Å². The maximum absolute atomic E-state index is 11.6. The van der Waals surface area contributed by atoms with E-state index in [1.165, 1.54) is 11.3 Å². The number of nitrogens with zero attached hydrogens (tertiary/aromatic N) is 1. The van der Waals surface area contributed by atoms with Crippen molar-refractivity contribution in [1.29, 1.82) is 0 Å². The monoisotopic (exact) mass is 285 g/mol. The van der Waals surface area contributed by atoms with Crippen LogP contribution in [0.2, 0.25) is 0 Å². The van der Waals surface area contributed by atoms with Crippen LogP contribution in [0.1, 0.15) is 31.0 Å². The summed E-state index contributed by atoms with van der Waals surface area (Å²) in [6.45, 7) is 6.00. The van der Waals surface area contributed by atoms with Gasteiger partial charge in [0.25, 0.3) is 0 Å². The van der Waals surface area contributed by atoms with Gasteiger partial charge in [0.15, 0.2) is 0 Å². The average Bonchev–Trinajstić information content (AvgIpc) is 2.71. The van der Waals surface area contributed by atoms with Gasteiger partial charge in [-0.25, -0.2) is 14.6 Å². The van der Waals surface area contributed by atoms with Gasteiger partial charge in [-0.3, -0.25) is 0 Å². The van der Waals surface area contributed by atoms with Crippen LogP contribution in [-0.4, -0.2) is 28.1 Å². The fourth-order valence-corrected chi connectivity index (χ4v) is 2.25. The topological polar surface area (TPSA) is 91.3 Å². The van der Waals surface area contributed by atoms with Crippen LogP contribution < -0.4 is 10.6 Å². The van der Waals surface area contributed by atoms with Gasteiger partial charge >= 0.3 is 12.0 Å². The van der Waals surface area contributed by atoms with Gasteiger partial charge < -0.3 is 15.7 Å². The Kier molecular flexibility index (Phi) is 5.75. The first-order chi connectivity index (χ1) is 8.88. The smallest absolute Gasteiger partial charge is 0.326 e. The summed E-state index contributed by atoms with van der Waals surface area (Å²) in [5, 5.41) is 16.8. The predicted molar refractivity (Wildman–Crippen MR) is 73.1 cm³/mol. The number of carboxylic acid groups (broad SMARTS) is 1. The molecule has 0 saturated heterocycles. The van der Waals surface area contributed by atoms with Crippen molar-refractivity contribution >= 4 is 23.3 Å². The van der Waals surface area contributed by atoms with Crippen LogP contribution in [0, 0.1) is 12.8 Å². The van der Waals surface area contributed by atoms with Crippen LogP contribution in [0.15, 0.2) is 5.38 Å². The summed E-state index contributed by atoms with van der Waals surface area (Å²) in [5.41, 5.74) is 0.908. The van der Waals surface area contributed by atoms with Crippen LogP contribution >= 0.6 is 11.3 Å². The number of hydrogen-bond acceptors (Lipinski definition) is 4.